The average molecular weight is 334 g/mol. The Labute approximate surface area is 139 Å². The van der Waals surface area contributed by atoms with Crippen LogP contribution in [0.5, 0.6) is 0 Å². The molecule has 0 aromatic heterocycles. The molecular formula is C17H18O7-2. The van der Waals surface area contributed by atoms with Crippen LogP contribution >= 0.6 is 0 Å². The first-order chi connectivity index (χ1) is 11.3. The number of rotatable bonds is 10. The van der Waals surface area contributed by atoms with E-state index in [1.165, 1.54) is 7.11 Å². The lowest BCUT2D eigenvalue weighted by Crippen LogP contribution is -2.50. The van der Waals surface area contributed by atoms with Gasteiger partial charge in [-0.15, -0.1) is 0 Å². The monoisotopic (exact) mass is 334 g/mol. The number of aliphatic carboxylic acids is 2. The molecule has 24 heavy (non-hydrogen) atoms. The van der Waals surface area contributed by atoms with Crippen LogP contribution in [0, 0.1) is 5.41 Å². The first kappa shape index (κ1) is 19.4. The molecule has 0 bridgehead atoms. The number of hydrogen-bond donors (Lipinski definition) is 0. The number of carbonyl (C=O) groups is 3. The van der Waals surface area contributed by atoms with Crippen LogP contribution in [0.2, 0.25) is 0 Å². The van der Waals surface area contributed by atoms with E-state index in [4.69, 9.17) is 9.47 Å². The van der Waals surface area contributed by atoms with Crippen molar-refractivity contribution in [2.45, 2.75) is 12.8 Å². The number of carboxylic acid groups (broad SMARTS) is 2. The van der Waals surface area contributed by atoms with E-state index in [1.807, 2.05) is 0 Å². The highest BCUT2D eigenvalue weighted by Gasteiger charge is 2.39. The molecule has 0 heterocycles. The minimum atomic E-state index is -2.16. The van der Waals surface area contributed by atoms with Gasteiger partial charge in [-0.25, -0.2) is 0 Å². The summed E-state index contributed by atoms with van der Waals surface area (Å²) < 4.78 is 9.57. The second-order valence-electron chi connectivity index (χ2n) is 5.19. The lowest BCUT2D eigenvalue weighted by atomic mass is 9.73. The standard InChI is InChI=1S/C17H20O7/c1-12(15(19)20)17(16(21)22,10-13-6-4-3-5-7-13)11-14(18)24-9-8-23-2/h3-7H,1,8-11H2,2H3,(H,19,20)(H,21,22)/p-2. The Morgan fingerprint density at radius 2 is 1.75 bits per heavy atom. The second-order valence-corrected chi connectivity index (χ2v) is 5.19. The van der Waals surface area contributed by atoms with Crippen LogP contribution in [0.25, 0.3) is 0 Å². The summed E-state index contributed by atoms with van der Waals surface area (Å²) in [7, 11) is 1.41. The molecule has 0 aliphatic carbocycles. The van der Waals surface area contributed by atoms with Gasteiger partial charge in [-0.2, -0.15) is 0 Å². The summed E-state index contributed by atoms with van der Waals surface area (Å²) in [6, 6.07) is 8.26. The number of carboxylic acids is 2. The van der Waals surface area contributed by atoms with E-state index < -0.39 is 35.3 Å². The summed E-state index contributed by atoms with van der Waals surface area (Å²) in [6.45, 7) is 3.33. The second kappa shape index (κ2) is 8.83. The van der Waals surface area contributed by atoms with Crippen molar-refractivity contribution in [1.82, 2.24) is 0 Å². The van der Waals surface area contributed by atoms with Crippen molar-refractivity contribution < 1.29 is 34.1 Å². The summed E-state index contributed by atoms with van der Waals surface area (Å²) >= 11 is 0. The topological polar surface area (TPSA) is 116 Å². The number of esters is 1. The average Bonchev–Trinajstić information content (AvgIpc) is 2.54. The molecule has 1 aromatic carbocycles. The Morgan fingerprint density at radius 1 is 1.12 bits per heavy atom. The van der Waals surface area contributed by atoms with Gasteiger partial charge in [-0.05, 0) is 17.6 Å². The molecule has 1 rings (SSSR count). The highest BCUT2D eigenvalue weighted by atomic mass is 16.6. The molecule has 0 aliphatic heterocycles. The minimum Gasteiger partial charge on any atom is -0.549 e. The molecule has 0 saturated carbocycles. The van der Waals surface area contributed by atoms with Crippen LogP contribution in [-0.2, 0) is 30.3 Å². The van der Waals surface area contributed by atoms with E-state index in [2.05, 4.69) is 6.58 Å². The Morgan fingerprint density at radius 3 is 2.25 bits per heavy atom. The largest absolute Gasteiger partial charge is 0.549 e. The SMILES string of the molecule is C=C(C(=O)[O-])C(CC(=O)OCCOC)(Cc1ccccc1)C(=O)[O-]. The van der Waals surface area contributed by atoms with Gasteiger partial charge in [-0.3, -0.25) is 4.79 Å². The molecule has 130 valence electrons. The number of ether oxygens (including phenoxy) is 2. The van der Waals surface area contributed by atoms with Gasteiger partial charge in [0.2, 0.25) is 0 Å². The molecule has 7 nitrogen and oxygen atoms in total. The normalized spacial score (nSPS) is 12.9. The summed E-state index contributed by atoms with van der Waals surface area (Å²) in [4.78, 5) is 34.9. The summed E-state index contributed by atoms with van der Waals surface area (Å²) in [6.07, 6.45) is -1.02. The smallest absolute Gasteiger partial charge is 0.307 e. The van der Waals surface area contributed by atoms with Crippen molar-refractivity contribution >= 4 is 17.9 Å². The molecule has 0 amide bonds. The zero-order chi connectivity index (χ0) is 18.2. The predicted octanol–water partition coefficient (Wildman–Crippen LogP) is -1.15. The lowest BCUT2D eigenvalue weighted by molar-refractivity contribution is -0.322. The van der Waals surface area contributed by atoms with E-state index in [9.17, 15) is 24.6 Å². The van der Waals surface area contributed by atoms with E-state index in [-0.39, 0.29) is 19.6 Å². The Bertz CT molecular complexity index is 609. The molecule has 0 spiro atoms. The maximum atomic E-state index is 11.9. The number of carbonyl (C=O) groups excluding carboxylic acids is 3. The lowest BCUT2D eigenvalue weighted by Gasteiger charge is -2.36. The summed E-state index contributed by atoms with van der Waals surface area (Å²) in [5.41, 5.74) is -2.39. The molecule has 0 radical (unpaired) electrons. The molecule has 1 unspecified atom stereocenters. The molecular weight excluding hydrogens is 316 g/mol. The van der Waals surface area contributed by atoms with Crippen LogP contribution < -0.4 is 10.2 Å². The third kappa shape index (κ3) is 4.92. The number of benzene rings is 1. The molecule has 7 heteroatoms. The third-order valence-corrected chi connectivity index (χ3v) is 3.56. The third-order valence-electron chi connectivity index (χ3n) is 3.56. The Kier molecular flexibility index (Phi) is 7.13. The van der Waals surface area contributed by atoms with Crippen molar-refractivity contribution in [3.05, 3.63) is 48.0 Å². The van der Waals surface area contributed by atoms with Gasteiger partial charge >= 0.3 is 5.97 Å². The first-order valence-corrected chi connectivity index (χ1v) is 7.14. The fourth-order valence-electron chi connectivity index (χ4n) is 2.22. The maximum Gasteiger partial charge on any atom is 0.307 e. The molecule has 0 saturated heterocycles. The van der Waals surface area contributed by atoms with E-state index in [0.29, 0.717) is 5.56 Å². The molecule has 0 aliphatic rings. The van der Waals surface area contributed by atoms with E-state index >= 15 is 0 Å². The van der Waals surface area contributed by atoms with Gasteiger partial charge in [0, 0.05) is 7.11 Å². The number of hydrogen-bond acceptors (Lipinski definition) is 7. The Hall–Kier alpha value is -2.67. The van der Waals surface area contributed by atoms with Gasteiger partial charge in [0.25, 0.3) is 0 Å². The van der Waals surface area contributed by atoms with Crippen molar-refractivity contribution in [3.63, 3.8) is 0 Å². The predicted molar refractivity (Wildman–Crippen MR) is 79.2 cm³/mol. The zero-order valence-corrected chi connectivity index (χ0v) is 13.3. The molecule has 1 aromatic rings. The fraction of sp³-hybridized carbons (Fsp3) is 0.353. The first-order valence-electron chi connectivity index (χ1n) is 7.14. The minimum absolute atomic E-state index is 0.0818. The zero-order valence-electron chi connectivity index (χ0n) is 13.3. The highest BCUT2D eigenvalue weighted by Crippen LogP contribution is 2.34. The van der Waals surface area contributed by atoms with Gasteiger partial charge in [-0.1, -0.05) is 36.9 Å². The van der Waals surface area contributed by atoms with Gasteiger partial charge in [0.05, 0.1) is 30.4 Å². The van der Waals surface area contributed by atoms with Crippen LogP contribution in [0.4, 0.5) is 0 Å². The van der Waals surface area contributed by atoms with Crippen LogP contribution in [0.1, 0.15) is 12.0 Å². The van der Waals surface area contributed by atoms with Crippen LogP contribution in [-0.4, -0.2) is 38.2 Å². The summed E-state index contributed by atoms with van der Waals surface area (Å²) in [5.74, 6) is -4.39. The Balaban J connectivity index is 3.12. The van der Waals surface area contributed by atoms with Gasteiger partial charge in [0.15, 0.2) is 0 Å². The van der Waals surface area contributed by atoms with Crippen LogP contribution in [0.3, 0.4) is 0 Å². The van der Waals surface area contributed by atoms with E-state index in [1.54, 1.807) is 30.3 Å². The van der Waals surface area contributed by atoms with Crippen molar-refractivity contribution in [2.24, 2.45) is 5.41 Å². The van der Waals surface area contributed by atoms with Crippen molar-refractivity contribution in [1.29, 1.82) is 0 Å². The van der Waals surface area contributed by atoms with Crippen molar-refractivity contribution in [3.8, 4) is 0 Å². The van der Waals surface area contributed by atoms with Crippen molar-refractivity contribution in [2.75, 3.05) is 20.3 Å². The molecule has 1 atom stereocenters. The van der Waals surface area contributed by atoms with E-state index in [0.717, 1.165) is 0 Å². The molecule has 0 fully saturated rings. The van der Waals surface area contributed by atoms with Gasteiger partial charge in [0.1, 0.15) is 6.61 Å². The quantitative estimate of drug-likeness (QED) is 0.301. The fourth-order valence-corrected chi connectivity index (χ4v) is 2.22. The maximum absolute atomic E-state index is 11.9. The summed E-state index contributed by atoms with van der Waals surface area (Å²) in [5, 5.41) is 23.0. The van der Waals surface area contributed by atoms with Gasteiger partial charge < -0.3 is 29.3 Å². The highest BCUT2D eigenvalue weighted by molar-refractivity contribution is 5.96. The molecule has 0 N–H and O–H groups in total. The number of methoxy groups -OCH3 is 1. The van der Waals surface area contributed by atoms with Crippen LogP contribution in [0.15, 0.2) is 42.5 Å².